The van der Waals surface area contributed by atoms with Crippen LogP contribution in [0.2, 0.25) is 10.0 Å². The van der Waals surface area contributed by atoms with Crippen molar-refractivity contribution in [1.29, 1.82) is 0 Å². The van der Waals surface area contributed by atoms with Crippen molar-refractivity contribution in [1.82, 2.24) is 0 Å². The maximum Gasteiger partial charge on any atom is 0.262 e. The summed E-state index contributed by atoms with van der Waals surface area (Å²) >= 11 is 12.1. The van der Waals surface area contributed by atoms with Crippen LogP contribution in [0.3, 0.4) is 0 Å². The van der Waals surface area contributed by atoms with Crippen molar-refractivity contribution in [2.75, 3.05) is 19.0 Å². The smallest absolute Gasteiger partial charge is 0.262 e. The minimum atomic E-state index is -0.332. The second-order valence-corrected chi connectivity index (χ2v) is 5.92. The summed E-state index contributed by atoms with van der Waals surface area (Å²) in [5.41, 5.74) is 2.40. The van der Waals surface area contributed by atoms with Crippen LogP contribution < -0.4 is 14.8 Å². The van der Waals surface area contributed by atoms with Gasteiger partial charge in [-0.3, -0.25) is 4.79 Å². The summed E-state index contributed by atoms with van der Waals surface area (Å²) < 4.78 is 10.7. The van der Waals surface area contributed by atoms with E-state index in [4.69, 9.17) is 32.7 Å². The molecule has 2 rings (SSSR count). The van der Waals surface area contributed by atoms with Crippen LogP contribution in [0.5, 0.6) is 11.5 Å². The Labute approximate surface area is 145 Å². The van der Waals surface area contributed by atoms with Crippen molar-refractivity contribution < 1.29 is 14.3 Å². The summed E-state index contributed by atoms with van der Waals surface area (Å²) in [7, 11) is 1.52. The number of amides is 1. The highest BCUT2D eigenvalue weighted by molar-refractivity contribution is 6.32. The zero-order chi connectivity index (χ0) is 17.0. The van der Waals surface area contributed by atoms with Gasteiger partial charge in [-0.05, 0) is 49.2 Å². The third-order valence-electron chi connectivity index (χ3n) is 3.16. The van der Waals surface area contributed by atoms with Crippen LogP contribution in [0.15, 0.2) is 30.3 Å². The van der Waals surface area contributed by atoms with E-state index in [0.29, 0.717) is 27.2 Å². The van der Waals surface area contributed by atoms with Gasteiger partial charge in [0.1, 0.15) is 11.5 Å². The van der Waals surface area contributed by atoms with E-state index in [1.54, 1.807) is 24.3 Å². The summed E-state index contributed by atoms with van der Waals surface area (Å²) in [6.45, 7) is 3.66. The number of benzene rings is 2. The highest BCUT2D eigenvalue weighted by atomic mass is 35.5. The molecule has 0 aromatic heterocycles. The first kappa shape index (κ1) is 17.4. The maximum absolute atomic E-state index is 12.1. The number of carbonyl (C=O) groups is 1. The van der Waals surface area contributed by atoms with Crippen LogP contribution in [-0.2, 0) is 4.79 Å². The van der Waals surface area contributed by atoms with Gasteiger partial charge in [-0.1, -0.05) is 29.3 Å². The molecule has 0 aliphatic rings. The van der Waals surface area contributed by atoms with Gasteiger partial charge in [0.05, 0.1) is 17.8 Å². The lowest BCUT2D eigenvalue weighted by molar-refractivity contribution is -0.118. The predicted molar refractivity (Wildman–Crippen MR) is 93.1 cm³/mol. The fourth-order valence-electron chi connectivity index (χ4n) is 2.19. The monoisotopic (exact) mass is 353 g/mol. The minimum Gasteiger partial charge on any atom is -0.495 e. The highest BCUT2D eigenvalue weighted by Crippen LogP contribution is 2.30. The van der Waals surface area contributed by atoms with Crippen LogP contribution in [0, 0.1) is 13.8 Å². The second-order valence-electron chi connectivity index (χ2n) is 5.07. The largest absolute Gasteiger partial charge is 0.495 e. The molecule has 1 N–H and O–H groups in total. The number of nitrogens with one attached hydrogen (secondary N) is 1. The molecule has 23 heavy (non-hydrogen) atoms. The van der Waals surface area contributed by atoms with E-state index < -0.39 is 0 Å². The van der Waals surface area contributed by atoms with E-state index >= 15 is 0 Å². The SMILES string of the molecule is COc1ccc(Cl)cc1NC(=O)COc1c(C)cc(C)cc1Cl. The number of ether oxygens (including phenoxy) is 2. The van der Waals surface area contributed by atoms with E-state index in [1.165, 1.54) is 7.11 Å². The summed E-state index contributed by atoms with van der Waals surface area (Å²) in [4.78, 5) is 12.1. The first-order valence-electron chi connectivity index (χ1n) is 6.93. The number of carbonyl (C=O) groups excluding carboxylic acids is 1. The molecule has 0 radical (unpaired) electrons. The third kappa shape index (κ3) is 4.53. The molecule has 4 nitrogen and oxygen atoms in total. The Kier molecular flexibility index (Phi) is 5.74. The number of hydrogen-bond donors (Lipinski definition) is 1. The molecule has 0 fully saturated rings. The maximum atomic E-state index is 12.1. The molecule has 0 spiro atoms. The molecule has 0 unspecified atom stereocenters. The number of aryl methyl sites for hydroxylation is 2. The van der Waals surface area contributed by atoms with Gasteiger partial charge in [-0.25, -0.2) is 0 Å². The van der Waals surface area contributed by atoms with E-state index in [9.17, 15) is 4.79 Å². The topological polar surface area (TPSA) is 47.6 Å². The third-order valence-corrected chi connectivity index (χ3v) is 3.67. The molecule has 0 heterocycles. The van der Waals surface area contributed by atoms with Gasteiger partial charge in [-0.15, -0.1) is 0 Å². The molecule has 0 saturated heterocycles. The Bertz CT molecular complexity index is 709. The number of methoxy groups -OCH3 is 1. The minimum absolute atomic E-state index is 0.167. The standard InChI is InChI=1S/C17H17Cl2NO3/c1-10-6-11(2)17(13(19)7-10)23-9-16(21)20-14-8-12(18)4-5-15(14)22-3/h4-8H,9H2,1-3H3,(H,20,21). The first-order valence-corrected chi connectivity index (χ1v) is 7.69. The zero-order valence-corrected chi connectivity index (χ0v) is 14.6. The van der Waals surface area contributed by atoms with E-state index in [2.05, 4.69) is 5.32 Å². The Morgan fingerprint density at radius 3 is 2.57 bits per heavy atom. The Hall–Kier alpha value is -1.91. The van der Waals surface area contributed by atoms with E-state index in [-0.39, 0.29) is 12.5 Å². The molecule has 0 aliphatic heterocycles. The highest BCUT2D eigenvalue weighted by Gasteiger charge is 2.12. The van der Waals surface area contributed by atoms with Gasteiger partial charge in [-0.2, -0.15) is 0 Å². The Morgan fingerprint density at radius 1 is 1.17 bits per heavy atom. The van der Waals surface area contributed by atoms with Crippen LogP contribution in [0.4, 0.5) is 5.69 Å². The fraction of sp³-hybridized carbons (Fsp3) is 0.235. The molecule has 2 aromatic carbocycles. The van der Waals surface area contributed by atoms with Gasteiger partial charge in [0.25, 0.3) is 5.91 Å². The van der Waals surface area contributed by atoms with Crippen molar-refractivity contribution in [2.45, 2.75) is 13.8 Å². The number of hydrogen-bond acceptors (Lipinski definition) is 3. The molecule has 0 aliphatic carbocycles. The molecule has 6 heteroatoms. The molecule has 122 valence electrons. The van der Waals surface area contributed by atoms with Crippen molar-refractivity contribution in [3.05, 3.63) is 51.5 Å². The van der Waals surface area contributed by atoms with Gasteiger partial charge >= 0.3 is 0 Å². The van der Waals surface area contributed by atoms with Gasteiger partial charge in [0.15, 0.2) is 6.61 Å². The Morgan fingerprint density at radius 2 is 1.91 bits per heavy atom. The van der Waals surface area contributed by atoms with Crippen molar-refractivity contribution >= 4 is 34.8 Å². The summed E-state index contributed by atoms with van der Waals surface area (Å²) in [5, 5.41) is 3.69. The lowest BCUT2D eigenvalue weighted by atomic mass is 10.1. The average Bonchev–Trinajstić information content (AvgIpc) is 2.46. The first-order chi connectivity index (χ1) is 10.9. The molecule has 0 atom stereocenters. The molecule has 0 bridgehead atoms. The van der Waals surface area contributed by atoms with Crippen LogP contribution in [0.1, 0.15) is 11.1 Å². The molecule has 2 aromatic rings. The van der Waals surface area contributed by atoms with Crippen molar-refractivity contribution in [3.63, 3.8) is 0 Å². The van der Waals surface area contributed by atoms with Crippen LogP contribution in [0.25, 0.3) is 0 Å². The molecular weight excluding hydrogens is 337 g/mol. The van der Waals surface area contributed by atoms with Crippen LogP contribution >= 0.6 is 23.2 Å². The second kappa shape index (κ2) is 7.57. The van der Waals surface area contributed by atoms with E-state index in [1.807, 2.05) is 19.9 Å². The van der Waals surface area contributed by atoms with Gasteiger partial charge in [0.2, 0.25) is 0 Å². The van der Waals surface area contributed by atoms with Gasteiger partial charge in [0, 0.05) is 5.02 Å². The molecule has 0 saturated carbocycles. The number of anilines is 1. The zero-order valence-electron chi connectivity index (χ0n) is 13.1. The lowest BCUT2D eigenvalue weighted by Gasteiger charge is -2.13. The quantitative estimate of drug-likeness (QED) is 0.851. The Balaban J connectivity index is 2.05. The molecule has 1 amide bonds. The number of halogens is 2. The predicted octanol–water partition coefficient (Wildman–Crippen LogP) is 4.64. The van der Waals surface area contributed by atoms with Gasteiger partial charge < -0.3 is 14.8 Å². The summed E-state index contributed by atoms with van der Waals surface area (Å²) in [6, 6.07) is 8.71. The van der Waals surface area contributed by atoms with Crippen molar-refractivity contribution in [3.8, 4) is 11.5 Å². The fourth-order valence-corrected chi connectivity index (χ4v) is 2.73. The summed E-state index contributed by atoms with van der Waals surface area (Å²) in [5.74, 6) is 0.694. The number of rotatable bonds is 5. The average molecular weight is 354 g/mol. The van der Waals surface area contributed by atoms with E-state index in [0.717, 1.165) is 11.1 Å². The molecular formula is C17H17Cl2NO3. The van der Waals surface area contributed by atoms with Crippen LogP contribution in [-0.4, -0.2) is 19.6 Å². The summed E-state index contributed by atoms with van der Waals surface area (Å²) in [6.07, 6.45) is 0. The normalized spacial score (nSPS) is 10.3. The lowest BCUT2D eigenvalue weighted by Crippen LogP contribution is -2.21. The van der Waals surface area contributed by atoms with Crippen molar-refractivity contribution in [2.24, 2.45) is 0 Å².